The van der Waals surface area contributed by atoms with Crippen LogP contribution in [0.25, 0.3) is 0 Å². The molecule has 0 aliphatic rings. The highest BCUT2D eigenvalue weighted by molar-refractivity contribution is 4.93. The number of unbranched alkanes of at least 4 members (excludes halogenated alkanes) is 18. The average Bonchev–Trinajstić information content (AvgIpc) is 3.03. The summed E-state index contributed by atoms with van der Waals surface area (Å²) < 4.78 is 0. The van der Waals surface area contributed by atoms with Gasteiger partial charge in [0, 0.05) is 26.2 Å². The van der Waals surface area contributed by atoms with E-state index in [9.17, 15) is 0 Å². The highest BCUT2D eigenvalue weighted by atomic mass is 15.5. The van der Waals surface area contributed by atoms with Crippen LogP contribution in [0.4, 0.5) is 0 Å². The highest BCUT2D eigenvalue weighted by Gasteiger charge is 2.14. The number of hydrogen-bond donors (Lipinski definition) is 1. The number of nitrogens with zero attached hydrogens (tertiary/aromatic N) is 2. The van der Waals surface area contributed by atoms with E-state index in [2.05, 4.69) is 98.9 Å². The van der Waals surface area contributed by atoms with Crippen molar-refractivity contribution in [3.05, 3.63) is 48.6 Å². The SMILES string of the molecule is CCCCC/C=C\C/C=C\CCCCCCCCC(CCCCCCCC/C=C\C/C=C\CCCCC)N(C)NCCN(C)C. The molecule has 0 aromatic rings. The normalized spacial score (nSPS) is 12.7. The zero-order chi connectivity index (χ0) is 32.9. The first-order valence-electron chi connectivity index (χ1n) is 19.8. The summed E-state index contributed by atoms with van der Waals surface area (Å²) in [5.74, 6) is 0. The summed E-state index contributed by atoms with van der Waals surface area (Å²) in [5.41, 5.74) is 3.69. The van der Waals surface area contributed by atoms with Gasteiger partial charge in [0.15, 0.2) is 0 Å². The zero-order valence-corrected chi connectivity index (χ0v) is 31.4. The third-order valence-corrected chi connectivity index (χ3v) is 8.94. The fourth-order valence-electron chi connectivity index (χ4n) is 5.85. The van der Waals surface area contributed by atoms with E-state index < -0.39 is 0 Å². The Morgan fingerprint density at radius 3 is 1.18 bits per heavy atom. The van der Waals surface area contributed by atoms with Gasteiger partial charge in [0.1, 0.15) is 0 Å². The van der Waals surface area contributed by atoms with Crippen molar-refractivity contribution in [1.29, 1.82) is 0 Å². The largest absolute Gasteiger partial charge is 0.308 e. The predicted octanol–water partition coefficient (Wildman–Crippen LogP) is 12.8. The molecule has 0 aromatic carbocycles. The number of rotatable bonds is 35. The van der Waals surface area contributed by atoms with Gasteiger partial charge in [0.25, 0.3) is 0 Å². The first-order chi connectivity index (χ1) is 22.1. The van der Waals surface area contributed by atoms with Crippen molar-refractivity contribution in [2.24, 2.45) is 0 Å². The summed E-state index contributed by atoms with van der Waals surface area (Å²) in [4.78, 5) is 2.26. The lowest BCUT2D eigenvalue weighted by molar-refractivity contribution is 0.136. The van der Waals surface area contributed by atoms with Crippen molar-refractivity contribution in [3.8, 4) is 0 Å². The number of allylic oxidation sites excluding steroid dienone is 8. The Bertz CT molecular complexity index is 629. The third-order valence-electron chi connectivity index (χ3n) is 8.94. The molecule has 1 N–H and O–H groups in total. The summed E-state index contributed by atoms with van der Waals surface area (Å²) in [6.45, 7) is 6.67. The Morgan fingerprint density at radius 1 is 0.444 bits per heavy atom. The molecule has 264 valence electrons. The van der Waals surface area contributed by atoms with E-state index in [1.54, 1.807) is 0 Å². The molecule has 0 saturated heterocycles. The average molecular weight is 628 g/mol. The van der Waals surface area contributed by atoms with Gasteiger partial charge in [-0.05, 0) is 91.1 Å². The van der Waals surface area contributed by atoms with E-state index in [4.69, 9.17) is 0 Å². The Hall–Kier alpha value is -1.16. The van der Waals surface area contributed by atoms with Gasteiger partial charge in [-0.3, -0.25) is 5.43 Å². The van der Waals surface area contributed by atoms with Crippen molar-refractivity contribution in [3.63, 3.8) is 0 Å². The predicted molar refractivity (Wildman–Crippen MR) is 206 cm³/mol. The molecule has 3 heteroatoms. The summed E-state index contributed by atoms with van der Waals surface area (Å²) in [7, 11) is 6.60. The molecule has 0 bridgehead atoms. The zero-order valence-electron chi connectivity index (χ0n) is 31.4. The molecule has 45 heavy (non-hydrogen) atoms. The standard InChI is InChI=1S/C42H81N3/c1-6-8-10-12-14-16-18-20-22-24-26-28-30-32-34-36-38-42(45(5)43-40-41-44(3)4)39-37-35-33-31-29-27-25-23-21-19-17-15-13-11-9-7-2/h14-17,20-23,42-43H,6-13,18-19,24-41H2,1-5H3/b16-14-,17-15-,22-20-,23-21-. The maximum atomic E-state index is 3.69. The smallest absolute Gasteiger partial charge is 0.0240 e. The first-order valence-corrected chi connectivity index (χ1v) is 19.8. The van der Waals surface area contributed by atoms with Crippen LogP contribution in [0.3, 0.4) is 0 Å². The summed E-state index contributed by atoms with van der Waals surface area (Å²) in [6.07, 6.45) is 53.5. The van der Waals surface area contributed by atoms with Gasteiger partial charge in [-0.1, -0.05) is 152 Å². The molecule has 0 unspecified atom stereocenters. The Balaban J connectivity index is 3.97. The minimum Gasteiger partial charge on any atom is -0.308 e. The quantitative estimate of drug-likeness (QED) is 0.0428. The van der Waals surface area contributed by atoms with Gasteiger partial charge in [0.2, 0.25) is 0 Å². The lowest BCUT2D eigenvalue weighted by atomic mass is 9.99. The van der Waals surface area contributed by atoms with E-state index >= 15 is 0 Å². The van der Waals surface area contributed by atoms with Crippen LogP contribution in [0.5, 0.6) is 0 Å². The van der Waals surface area contributed by atoms with Crippen LogP contribution in [-0.2, 0) is 0 Å². The van der Waals surface area contributed by atoms with Gasteiger partial charge in [-0.15, -0.1) is 0 Å². The van der Waals surface area contributed by atoms with Gasteiger partial charge >= 0.3 is 0 Å². The number of nitrogens with one attached hydrogen (secondary N) is 1. The first kappa shape index (κ1) is 43.8. The summed E-state index contributed by atoms with van der Waals surface area (Å²) in [5, 5.41) is 2.45. The van der Waals surface area contributed by atoms with E-state index in [0.29, 0.717) is 6.04 Å². The molecule has 0 aliphatic carbocycles. The highest BCUT2D eigenvalue weighted by Crippen LogP contribution is 2.18. The molecule has 0 fully saturated rings. The molecule has 0 radical (unpaired) electrons. The molecule has 0 saturated carbocycles. The molecule has 0 atom stereocenters. The minimum atomic E-state index is 0.670. The minimum absolute atomic E-state index is 0.670. The van der Waals surface area contributed by atoms with E-state index in [0.717, 1.165) is 25.9 Å². The fourth-order valence-corrected chi connectivity index (χ4v) is 5.85. The van der Waals surface area contributed by atoms with Crippen molar-refractivity contribution in [2.75, 3.05) is 34.2 Å². The van der Waals surface area contributed by atoms with Crippen molar-refractivity contribution in [2.45, 2.75) is 187 Å². The number of likely N-dealkylation sites (N-methyl/N-ethyl adjacent to an activating group) is 1. The topological polar surface area (TPSA) is 18.5 Å². The molecule has 0 amide bonds. The van der Waals surface area contributed by atoms with E-state index in [1.807, 2.05) is 0 Å². The molecule has 3 nitrogen and oxygen atoms in total. The lowest BCUT2D eigenvalue weighted by Gasteiger charge is -2.29. The summed E-state index contributed by atoms with van der Waals surface area (Å²) >= 11 is 0. The van der Waals surface area contributed by atoms with Crippen LogP contribution in [0.2, 0.25) is 0 Å². The molecule has 0 aliphatic heterocycles. The molecule has 0 aromatic heterocycles. The third kappa shape index (κ3) is 35.5. The van der Waals surface area contributed by atoms with Crippen LogP contribution < -0.4 is 5.43 Å². The summed E-state index contributed by atoms with van der Waals surface area (Å²) in [6, 6.07) is 0.670. The van der Waals surface area contributed by atoms with E-state index in [1.165, 1.54) is 154 Å². The fraction of sp³-hybridized carbons (Fsp3) is 0.810. The van der Waals surface area contributed by atoms with Crippen LogP contribution in [0.15, 0.2) is 48.6 Å². The number of hydrogen-bond acceptors (Lipinski definition) is 3. The van der Waals surface area contributed by atoms with Crippen LogP contribution in [-0.4, -0.2) is 50.2 Å². The van der Waals surface area contributed by atoms with Gasteiger partial charge in [-0.2, -0.15) is 0 Å². The lowest BCUT2D eigenvalue weighted by Crippen LogP contribution is -2.45. The van der Waals surface area contributed by atoms with Gasteiger partial charge in [0.05, 0.1) is 0 Å². The second-order valence-corrected chi connectivity index (χ2v) is 13.7. The second-order valence-electron chi connectivity index (χ2n) is 13.7. The number of hydrazine groups is 1. The molecule has 0 spiro atoms. The molecule has 0 heterocycles. The van der Waals surface area contributed by atoms with Crippen LogP contribution in [0, 0.1) is 0 Å². The Morgan fingerprint density at radius 2 is 0.800 bits per heavy atom. The van der Waals surface area contributed by atoms with Crippen molar-refractivity contribution in [1.82, 2.24) is 15.3 Å². The monoisotopic (exact) mass is 628 g/mol. The molecule has 0 rings (SSSR count). The van der Waals surface area contributed by atoms with E-state index in [-0.39, 0.29) is 0 Å². The van der Waals surface area contributed by atoms with Crippen molar-refractivity contribution >= 4 is 0 Å². The molecular weight excluding hydrogens is 546 g/mol. The van der Waals surface area contributed by atoms with Crippen LogP contribution in [0.1, 0.15) is 181 Å². The van der Waals surface area contributed by atoms with Gasteiger partial charge < -0.3 is 4.90 Å². The maximum Gasteiger partial charge on any atom is 0.0240 e. The van der Waals surface area contributed by atoms with Gasteiger partial charge in [-0.25, -0.2) is 5.01 Å². The Labute approximate surface area is 284 Å². The second kappa shape index (κ2) is 37.3. The Kier molecular flexibility index (Phi) is 36.3. The molecular formula is C42H81N3. The van der Waals surface area contributed by atoms with Crippen molar-refractivity contribution < 1.29 is 0 Å². The maximum absolute atomic E-state index is 3.69. The van der Waals surface area contributed by atoms with Crippen LogP contribution >= 0.6 is 0 Å².